The number of nitrogens with zero attached hydrogens (tertiary/aromatic N) is 3. The molecule has 0 bridgehead atoms. The molecule has 29 heavy (non-hydrogen) atoms. The van der Waals surface area contributed by atoms with Crippen molar-refractivity contribution in [2.45, 2.75) is 63.6 Å². The zero-order valence-electron chi connectivity index (χ0n) is 16.5. The van der Waals surface area contributed by atoms with E-state index in [1.54, 1.807) is 18.7 Å². The van der Waals surface area contributed by atoms with Crippen LogP contribution in [-0.2, 0) is 15.7 Å². The van der Waals surface area contributed by atoms with Crippen LogP contribution in [-0.4, -0.2) is 46.7 Å². The van der Waals surface area contributed by atoms with Gasteiger partial charge >= 0.3 is 6.18 Å². The number of halogens is 3. The molecular formula is C20H24F3N3O3. The van der Waals surface area contributed by atoms with Gasteiger partial charge in [-0.2, -0.15) is 13.2 Å². The minimum Gasteiger partial charge on any atom is -0.368 e. The van der Waals surface area contributed by atoms with E-state index in [0.29, 0.717) is 43.9 Å². The number of rotatable bonds is 3. The van der Waals surface area contributed by atoms with Gasteiger partial charge in [-0.15, -0.1) is 0 Å². The van der Waals surface area contributed by atoms with Gasteiger partial charge in [0.2, 0.25) is 0 Å². The number of ether oxygens (including phenoxy) is 1. The molecule has 2 aliphatic heterocycles. The van der Waals surface area contributed by atoms with E-state index < -0.39 is 11.7 Å². The number of aromatic nitrogens is 2. The molecule has 2 aromatic rings. The number of likely N-dealkylation sites (tertiary alicyclic amines) is 1. The van der Waals surface area contributed by atoms with Crippen molar-refractivity contribution in [3.63, 3.8) is 0 Å². The van der Waals surface area contributed by atoms with Crippen LogP contribution < -0.4 is 0 Å². The van der Waals surface area contributed by atoms with Gasteiger partial charge < -0.3 is 14.2 Å². The van der Waals surface area contributed by atoms with Gasteiger partial charge in [0.05, 0.1) is 16.6 Å². The monoisotopic (exact) mass is 411 g/mol. The minimum atomic E-state index is -4.53. The topological polar surface area (TPSA) is 68.5 Å². The van der Waals surface area contributed by atoms with Crippen molar-refractivity contribution in [2.75, 3.05) is 19.7 Å². The van der Waals surface area contributed by atoms with Crippen LogP contribution in [0.1, 0.15) is 68.3 Å². The van der Waals surface area contributed by atoms with E-state index in [1.165, 1.54) is 0 Å². The van der Waals surface area contributed by atoms with Gasteiger partial charge in [-0.3, -0.25) is 4.79 Å². The van der Waals surface area contributed by atoms with Crippen LogP contribution in [0, 0.1) is 0 Å². The summed E-state index contributed by atoms with van der Waals surface area (Å²) in [5.74, 6) is -0.399. The average molecular weight is 411 g/mol. The van der Waals surface area contributed by atoms with Gasteiger partial charge in [0, 0.05) is 31.3 Å². The van der Waals surface area contributed by atoms with Crippen molar-refractivity contribution in [3.8, 4) is 0 Å². The lowest BCUT2D eigenvalue weighted by Crippen LogP contribution is -2.43. The lowest BCUT2D eigenvalue weighted by Gasteiger charge is -2.32. The Morgan fingerprint density at radius 2 is 1.97 bits per heavy atom. The maximum absolute atomic E-state index is 13.8. The lowest BCUT2D eigenvalue weighted by atomic mass is 9.90. The number of pyridine rings is 1. The van der Waals surface area contributed by atoms with E-state index in [-0.39, 0.29) is 34.9 Å². The molecule has 1 unspecified atom stereocenters. The third-order valence-corrected chi connectivity index (χ3v) is 5.79. The summed E-state index contributed by atoms with van der Waals surface area (Å²) < 4.78 is 52.0. The lowest BCUT2D eigenvalue weighted by molar-refractivity contribution is -0.142. The van der Waals surface area contributed by atoms with E-state index in [0.717, 1.165) is 18.9 Å². The highest BCUT2D eigenvalue weighted by atomic mass is 19.4. The van der Waals surface area contributed by atoms with Crippen LogP contribution in [0.25, 0.3) is 11.1 Å². The maximum atomic E-state index is 13.8. The highest BCUT2D eigenvalue weighted by molar-refractivity contribution is 5.82. The molecule has 6 nitrogen and oxygen atoms in total. The fraction of sp³-hybridized carbons (Fsp3) is 0.650. The van der Waals surface area contributed by atoms with Crippen molar-refractivity contribution < 1.29 is 27.2 Å². The summed E-state index contributed by atoms with van der Waals surface area (Å²) in [5, 5.41) is 3.93. The Kier molecular flexibility index (Phi) is 5.27. The van der Waals surface area contributed by atoms with Gasteiger partial charge in [-0.25, -0.2) is 4.98 Å². The first kappa shape index (κ1) is 20.1. The second-order valence-electron chi connectivity index (χ2n) is 8.10. The molecule has 0 radical (unpaired) electrons. The Balaban J connectivity index is 1.59. The Bertz CT molecular complexity index is 895. The minimum absolute atomic E-state index is 0.0230. The van der Waals surface area contributed by atoms with E-state index >= 15 is 0 Å². The zero-order chi connectivity index (χ0) is 20.8. The van der Waals surface area contributed by atoms with E-state index in [4.69, 9.17) is 9.26 Å². The third-order valence-electron chi connectivity index (χ3n) is 5.79. The number of alkyl halides is 3. The van der Waals surface area contributed by atoms with Crippen molar-refractivity contribution in [3.05, 3.63) is 23.0 Å². The van der Waals surface area contributed by atoms with Crippen LogP contribution in [0.3, 0.4) is 0 Å². The summed E-state index contributed by atoms with van der Waals surface area (Å²) >= 11 is 0. The quantitative estimate of drug-likeness (QED) is 0.755. The first-order valence-corrected chi connectivity index (χ1v) is 10.0. The zero-order valence-corrected chi connectivity index (χ0v) is 16.5. The van der Waals surface area contributed by atoms with Crippen LogP contribution >= 0.6 is 0 Å². The van der Waals surface area contributed by atoms with Gasteiger partial charge in [-0.05, 0) is 37.7 Å². The fourth-order valence-electron chi connectivity index (χ4n) is 4.14. The molecule has 4 rings (SSSR count). The van der Waals surface area contributed by atoms with E-state index in [9.17, 15) is 18.0 Å². The number of piperidine rings is 1. The second-order valence-corrected chi connectivity index (χ2v) is 8.10. The highest BCUT2D eigenvalue weighted by Crippen LogP contribution is 2.41. The smallest absolute Gasteiger partial charge is 0.368 e. The molecule has 0 aromatic carbocycles. The molecule has 2 aliphatic rings. The molecule has 1 amide bonds. The van der Waals surface area contributed by atoms with Gasteiger partial charge in [-0.1, -0.05) is 19.0 Å². The van der Waals surface area contributed by atoms with Crippen LogP contribution in [0.2, 0.25) is 0 Å². The van der Waals surface area contributed by atoms with E-state index in [1.807, 2.05) is 0 Å². The Morgan fingerprint density at radius 1 is 1.24 bits per heavy atom. The van der Waals surface area contributed by atoms with Crippen LogP contribution in [0.15, 0.2) is 10.6 Å². The Morgan fingerprint density at radius 3 is 2.55 bits per heavy atom. The van der Waals surface area contributed by atoms with Crippen molar-refractivity contribution in [1.82, 2.24) is 15.0 Å². The number of hydrogen-bond acceptors (Lipinski definition) is 5. The number of carbonyl (C=O) groups is 1. The third kappa shape index (κ3) is 3.84. The summed E-state index contributed by atoms with van der Waals surface area (Å²) in [6, 6.07) is 1.10. The maximum Gasteiger partial charge on any atom is 0.417 e. The molecule has 1 atom stereocenters. The largest absolute Gasteiger partial charge is 0.417 e. The van der Waals surface area contributed by atoms with E-state index in [2.05, 4.69) is 10.1 Å². The molecule has 2 aromatic heterocycles. The normalized spacial score (nSPS) is 21.4. The second kappa shape index (κ2) is 7.59. The molecule has 4 heterocycles. The predicted octanol–water partition coefficient (Wildman–Crippen LogP) is 4.25. The predicted molar refractivity (Wildman–Crippen MR) is 98.4 cm³/mol. The summed E-state index contributed by atoms with van der Waals surface area (Å²) in [4.78, 5) is 18.5. The summed E-state index contributed by atoms with van der Waals surface area (Å²) in [7, 11) is 0. The van der Waals surface area contributed by atoms with Gasteiger partial charge in [0.25, 0.3) is 11.6 Å². The molecule has 0 spiro atoms. The summed E-state index contributed by atoms with van der Waals surface area (Å²) in [6.07, 6.45) is -2.24. The number of fused-ring (bicyclic) bond motifs is 1. The Labute approximate surface area is 166 Å². The molecule has 0 N–H and O–H groups in total. The van der Waals surface area contributed by atoms with Crippen molar-refractivity contribution in [2.24, 2.45) is 0 Å². The van der Waals surface area contributed by atoms with Crippen molar-refractivity contribution >= 4 is 17.0 Å². The highest BCUT2D eigenvalue weighted by Gasteiger charge is 2.39. The molecule has 9 heteroatoms. The molecule has 0 saturated carbocycles. The summed E-state index contributed by atoms with van der Waals surface area (Å²) in [6.45, 7) is 5.11. The number of hydrogen-bond donors (Lipinski definition) is 0. The first-order valence-electron chi connectivity index (χ1n) is 10.0. The molecular weight excluding hydrogens is 387 g/mol. The number of amides is 1. The number of carbonyl (C=O) groups excluding carboxylic acids is 1. The molecule has 158 valence electrons. The standard InChI is InChI=1S/C20H24F3N3O3/c1-11(2)14-10-13(20(21,22)23)16-17(25-29-18(16)24-14)12-5-7-26(8-6-12)19(27)15-4-3-9-28-15/h10-12,15H,3-9H2,1-2H3. The Hall–Kier alpha value is -2.16. The SMILES string of the molecule is CC(C)c1cc(C(F)(F)F)c2c(C3CCN(C(=O)C4CCCO4)CC3)noc2n1. The van der Waals surface area contributed by atoms with Crippen molar-refractivity contribution in [1.29, 1.82) is 0 Å². The fourth-order valence-corrected chi connectivity index (χ4v) is 4.14. The van der Waals surface area contributed by atoms with Crippen LogP contribution in [0.5, 0.6) is 0 Å². The van der Waals surface area contributed by atoms with Gasteiger partial charge in [0.1, 0.15) is 6.10 Å². The van der Waals surface area contributed by atoms with Gasteiger partial charge in [0.15, 0.2) is 0 Å². The first-order chi connectivity index (χ1) is 13.8. The molecule has 2 saturated heterocycles. The van der Waals surface area contributed by atoms with Crippen LogP contribution in [0.4, 0.5) is 13.2 Å². The molecule has 0 aliphatic carbocycles. The summed E-state index contributed by atoms with van der Waals surface area (Å²) in [5.41, 5.74) is -0.208. The molecule has 2 fully saturated rings. The average Bonchev–Trinajstić information content (AvgIpc) is 3.36.